The quantitative estimate of drug-likeness (QED) is 0.493. The summed E-state index contributed by atoms with van der Waals surface area (Å²) in [6, 6.07) is 4.41. The first kappa shape index (κ1) is 16.7. The fourth-order valence-electron chi connectivity index (χ4n) is 2.15. The van der Waals surface area contributed by atoms with Crippen molar-refractivity contribution >= 4 is 6.29 Å². The molecule has 8 nitrogen and oxygen atoms in total. The molecule has 8 heteroatoms. The average molecular weight is 314 g/mol. The number of aliphatic hydroxyl groups excluding tert-OH is 4. The maximum absolute atomic E-state index is 10.8. The molecule has 2 rings (SSSR count). The van der Waals surface area contributed by atoms with Gasteiger partial charge in [0, 0.05) is 5.56 Å². The zero-order valence-corrected chi connectivity index (χ0v) is 11.8. The lowest BCUT2D eigenvalue weighted by Gasteiger charge is -2.39. The molecule has 1 aromatic carbocycles. The monoisotopic (exact) mass is 314 g/mol. The molecule has 1 saturated heterocycles. The van der Waals surface area contributed by atoms with Gasteiger partial charge in [0.1, 0.15) is 30.7 Å². The number of aliphatic hydroxyl groups is 4. The highest BCUT2D eigenvalue weighted by atomic mass is 16.7. The van der Waals surface area contributed by atoms with Gasteiger partial charge in [-0.2, -0.15) is 0 Å². The molecule has 122 valence electrons. The Labute approximate surface area is 126 Å². The molecule has 0 aliphatic carbocycles. The van der Waals surface area contributed by atoms with Gasteiger partial charge >= 0.3 is 0 Å². The van der Waals surface area contributed by atoms with Crippen molar-refractivity contribution in [1.29, 1.82) is 0 Å². The van der Waals surface area contributed by atoms with Crippen LogP contribution in [0.15, 0.2) is 18.2 Å². The molecule has 0 radical (unpaired) electrons. The highest BCUT2D eigenvalue weighted by Crippen LogP contribution is 2.31. The topological polar surface area (TPSA) is 126 Å². The van der Waals surface area contributed by atoms with E-state index < -0.39 is 37.3 Å². The van der Waals surface area contributed by atoms with Crippen LogP contribution in [0.2, 0.25) is 0 Å². The number of benzene rings is 1. The predicted octanol–water partition coefficient (Wildman–Crippen LogP) is -1.31. The first-order valence-electron chi connectivity index (χ1n) is 6.62. The van der Waals surface area contributed by atoms with Crippen LogP contribution in [0, 0.1) is 0 Å². The Kier molecular flexibility index (Phi) is 5.33. The van der Waals surface area contributed by atoms with Gasteiger partial charge in [0.05, 0.1) is 13.7 Å². The Hall–Kier alpha value is -1.71. The van der Waals surface area contributed by atoms with Gasteiger partial charge in [-0.3, -0.25) is 4.79 Å². The van der Waals surface area contributed by atoms with Crippen molar-refractivity contribution in [2.24, 2.45) is 0 Å². The minimum atomic E-state index is -1.55. The summed E-state index contributed by atoms with van der Waals surface area (Å²) in [4.78, 5) is 10.8. The number of carbonyl (C=O) groups is 1. The molecule has 0 spiro atoms. The van der Waals surface area contributed by atoms with Gasteiger partial charge in [-0.1, -0.05) is 0 Å². The summed E-state index contributed by atoms with van der Waals surface area (Å²) in [5, 5.41) is 38.5. The molecule has 1 heterocycles. The van der Waals surface area contributed by atoms with Crippen molar-refractivity contribution in [3.63, 3.8) is 0 Å². The molecule has 4 N–H and O–H groups in total. The lowest BCUT2D eigenvalue weighted by Crippen LogP contribution is -2.60. The fourth-order valence-corrected chi connectivity index (χ4v) is 2.15. The molecule has 0 bridgehead atoms. The summed E-state index contributed by atoms with van der Waals surface area (Å²) in [5.74, 6) is 0.416. The minimum Gasteiger partial charge on any atom is -0.493 e. The zero-order chi connectivity index (χ0) is 16.3. The first-order chi connectivity index (χ1) is 10.5. The second kappa shape index (κ2) is 7.03. The Balaban J connectivity index is 2.23. The van der Waals surface area contributed by atoms with E-state index >= 15 is 0 Å². The molecule has 1 fully saturated rings. The Morgan fingerprint density at radius 1 is 1.18 bits per heavy atom. The van der Waals surface area contributed by atoms with Crippen LogP contribution in [-0.2, 0) is 4.74 Å². The summed E-state index contributed by atoms with van der Waals surface area (Å²) in [5.41, 5.74) is 0.320. The zero-order valence-electron chi connectivity index (χ0n) is 11.8. The Morgan fingerprint density at radius 2 is 1.91 bits per heavy atom. The molecule has 5 atom stereocenters. The van der Waals surface area contributed by atoms with Crippen LogP contribution in [0.4, 0.5) is 0 Å². The maximum Gasteiger partial charge on any atom is 0.229 e. The number of hydrogen-bond donors (Lipinski definition) is 4. The number of rotatable bonds is 5. The number of methoxy groups -OCH3 is 1. The second-order valence-corrected chi connectivity index (χ2v) is 4.84. The van der Waals surface area contributed by atoms with E-state index in [1.54, 1.807) is 0 Å². The van der Waals surface area contributed by atoms with Crippen LogP contribution in [0.3, 0.4) is 0 Å². The van der Waals surface area contributed by atoms with Gasteiger partial charge in [-0.05, 0) is 18.2 Å². The lowest BCUT2D eigenvalue weighted by molar-refractivity contribution is -0.277. The SMILES string of the molecule is COc1ccc(C=O)cc1OC1OC(CO)C(O)C(O)C1O. The summed E-state index contributed by atoms with van der Waals surface area (Å²) in [6.07, 6.45) is -6.36. The summed E-state index contributed by atoms with van der Waals surface area (Å²) < 4.78 is 15.8. The van der Waals surface area contributed by atoms with Crippen LogP contribution < -0.4 is 9.47 Å². The molecule has 5 unspecified atom stereocenters. The van der Waals surface area contributed by atoms with Crippen molar-refractivity contribution in [3.8, 4) is 11.5 Å². The maximum atomic E-state index is 10.8. The molecule has 1 aliphatic heterocycles. The van der Waals surface area contributed by atoms with Crippen LogP contribution in [-0.4, -0.2) is 71.1 Å². The van der Waals surface area contributed by atoms with Gasteiger partial charge in [0.25, 0.3) is 0 Å². The fraction of sp³-hybridized carbons (Fsp3) is 0.500. The highest BCUT2D eigenvalue weighted by Gasteiger charge is 2.44. The standard InChI is InChI=1S/C14H18O8/c1-20-8-3-2-7(5-15)4-9(8)21-14-13(19)12(18)11(17)10(6-16)22-14/h2-5,10-14,16-19H,6H2,1H3. The van der Waals surface area contributed by atoms with Crippen LogP contribution in [0.5, 0.6) is 11.5 Å². The molecule has 22 heavy (non-hydrogen) atoms. The van der Waals surface area contributed by atoms with E-state index in [-0.39, 0.29) is 5.75 Å². The molecule has 1 aromatic rings. The molecular formula is C14H18O8. The van der Waals surface area contributed by atoms with E-state index in [2.05, 4.69) is 0 Å². The third-order valence-corrected chi connectivity index (χ3v) is 3.42. The van der Waals surface area contributed by atoms with E-state index in [0.29, 0.717) is 17.6 Å². The number of hydrogen-bond acceptors (Lipinski definition) is 8. The summed E-state index contributed by atoms with van der Waals surface area (Å²) in [7, 11) is 1.40. The van der Waals surface area contributed by atoms with Crippen molar-refractivity contribution in [2.75, 3.05) is 13.7 Å². The number of ether oxygens (including phenoxy) is 3. The average Bonchev–Trinajstić information content (AvgIpc) is 2.55. The van der Waals surface area contributed by atoms with Gasteiger partial charge in [-0.25, -0.2) is 0 Å². The van der Waals surface area contributed by atoms with Gasteiger partial charge in [0.2, 0.25) is 6.29 Å². The van der Waals surface area contributed by atoms with E-state index in [1.165, 1.54) is 25.3 Å². The third kappa shape index (κ3) is 3.21. The predicted molar refractivity (Wildman–Crippen MR) is 72.8 cm³/mol. The van der Waals surface area contributed by atoms with Crippen molar-refractivity contribution < 1.29 is 39.4 Å². The largest absolute Gasteiger partial charge is 0.493 e. The third-order valence-electron chi connectivity index (χ3n) is 3.42. The van der Waals surface area contributed by atoms with E-state index in [0.717, 1.165) is 0 Å². The molecule has 0 saturated carbocycles. The summed E-state index contributed by atoms with van der Waals surface area (Å²) >= 11 is 0. The van der Waals surface area contributed by atoms with E-state index in [9.17, 15) is 20.1 Å². The Morgan fingerprint density at radius 3 is 2.50 bits per heavy atom. The molecule has 0 amide bonds. The lowest BCUT2D eigenvalue weighted by atomic mass is 9.99. The van der Waals surface area contributed by atoms with Gasteiger partial charge in [0.15, 0.2) is 11.5 Å². The molecular weight excluding hydrogens is 296 g/mol. The second-order valence-electron chi connectivity index (χ2n) is 4.84. The van der Waals surface area contributed by atoms with Crippen LogP contribution in [0.25, 0.3) is 0 Å². The highest BCUT2D eigenvalue weighted by molar-refractivity contribution is 5.76. The number of aldehydes is 1. The van der Waals surface area contributed by atoms with Crippen LogP contribution >= 0.6 is 0 Å². The van der Waals surface area contributed by atoms with Crippen molar-refractivity contribution in [2.45, 2.75) is 30.7 Å². The smallest absolute Gasteiger partial charge is 0.229 e. The van der Waals surface area contributed by atoms with E-state index in [1.807, 2.05) is 0 Å². The van der Waals surface area contributed by atoms with Crippen LogP contribution in [0.1, 0.15) is 10.4 Å². The van der Waals surface area contributed by atoms with Gasteiger partial charge < -0.3 is 34.6 Å². The van der Waals surface area contributed by atoms with Gasteiger partial charge in [-0.15, -0.1) is 0 Å². The van der Waals surface area contributed by atoms with Crippen molar-refractivity contribution in [1.82, 2.24) is 0 Å². The molecule has 1 aliphatic rings. The molecule has 0 aromatic heterocycles. The van der Waals surface area contributed by atoms with Crippen molar-refractivity contribution in [3.05, 3.63) is 23.8 Å². The first-order valence-corrected chi connectivity index (χ1v) is 6.62. The normalized spacial score (nSPS) is 31.6. The van der Waals surface area contributed by atoms with E-state index in [4.69, 9.17) is 19.3 Å². The minimum absolute atomic E-state index is 0.122. The number of carbonyl (C=O) groups excluding carboxylic acids is 1. The Bertz CT molecular complexity index is 518. The summed E-state index contributed by atoms with van der Waals surface area (Å²) in [6.45, 7) is -0.559.